The second kappa shape index (κ2) is 10.7. The van der Waals surface area contributed by atoms with Gasteiger partial charge in [-0.15, -0.1) is 0 Å². The normalized spacial score (nSPS) is 13.2. The van der Waals surface area contributed by atoms with Crippen LogP contribution in [0.2, 0.25) is 0 Å². The van der Waals surface area contributed by atoms with E-state index in [1.807, 2.05) is 12.1 Å². The Hall–Kier alpha value is -4.65. The zero-order chi connectivity index (χ0) is 35.3. The fourth-order valence-electron chi connectivity index (χ4n) is 6.47. The number of aromatic nitrogens is 2. The standard InChI is InChI=1S/C41H52N6O/c1-38(2,3)21-13-25-27-15-23(40(7,8)9)19-31(35(27)46-33(25)29(42)17-21)44-37(48)45-32-20-24(41(10,11)12)16-28-26-14-22(39(4,5)6)18-30(43)34(26)47-36(28)32/h13-20,46-47H,42-43H2,1-12H3,(H2,44,45,48). The molecule has 6 aromatic rings. The number of nitrogens with two attached hydrogens (primary N) is 2. The average molecular weight is 645 g/mol. The van der Waals surface area contributed by atoms with E-state index in [9.17, 15) is 4.79 Å². The number of carbonyl (C=O) groups is 1. The van der Waals surface area contributed by atoms with Crippen molar-refractivity contribution >= 4 is 72.4 Å². The molecule has 0 atom stereocenters. The van der Waals surface area contributed by atoms with E-state index < -0.39 is 0 Å². The Bertz CT molecular complexity index is 2100. The highest BCUT2D eigenvalue weighted by Gasteiger charge is 2.25. The highest BCUT2D eigenvalue weighted by atomic mass is 16.2. The predicted molar refractivity (Wildman–Crippen MR) is 208 cm³/mol. The lowest BCUT2D eigenvalue weighted by atomic mass is 9.84. The molecule has 2 amide bonds. The van der Waals surface area contributed by atoms with Gasteiger partial charge in [0, 0.05) is 21.5 Å². The molecule has 0 spiro atoms. The molecule has 0 aliphatic rings. The summed E-state index contributed by atoms with van der Waals surface area (Å²) in [4.78, 5) is 21.1. The van der Waals surface area contributed by atoms with Gasteiger partial charge in [-0.1, -0.05) is 83.1 Å². The number of anilines is 4. The lowest BCUT2D eigenvalue weighted by Crippen LogP contribution is -2.21. The van der Waals surface area contributed by atoms with Crippen LogP contribution in [0, 0.1) is 0 Å². The van der Waals surface area contributed by atoms with Crippen LogP contribution in [-0.2, 0) is 21.7 Å². The Balaban J connectivity index is 1.49. The largest absolute Gasteiger partial charge is 0.397 e. The zero-order valence-electron chi connectivity index (χ0n) is 30.7. The van der Waals surface area contributed by atoms with Crippen LogP contribution in [0.5, 0.6) is 0 Å². The minimum absolute atomic E-state index is 0.0664. The van der Waals surface area contributed by atoms with Crippen molar-refractivity contribution in [2.45, 2.75) is 105 Å². The maximum absolute atomic E-state index is 14.0. The van der Waals surface area contributed by atoms with Crippen LogP contribution in [-0.4, -0.2) is 16.0 Å². The molecule has 0 saturated carbocycles. The summed E-state index contributed by atoms with van der Waals surface area (Å²) in [5, 5.41) is 10.6. The molecule has 48 heavy (non-hydrogen) atoms. The Morgan fingerprint density at radius 1 is 0.458 bits per heavy atom. The average Bonchev–Trinajstić information content (AvgIpc) is 3.51. The molecule has 252 valence electrons. The van der Waals surface area contributed by atoms with E-state index in [-0.39, 0.29) is 27.7 Å². The number of nitrogen functional groups attached to an aromatic ring is 2. The van der Waals surface area contributed by atoms with Crippen LogP contribution in [0.4, 0.5) is 27.5 Å². The molecule has 0 bridgehead atoms. The van der Waals surface area contributed by atoms with E-state index in [4.69, 9.17) is 11.5 Å². The Labute approximate surface area is 284 Å². The number of fused-ring (bicyclic) bond motifs is 6. The van der Waals surface area contributed by atoms with Gasteiger partial charge in [-0.2, -0.15) is 0 Å². The number of H-pyrrole nitrogens is 2. The molecule has 7 nitrogen and oxygen atoms in total. The highest BCUT2D eigenvalue weighted by molar-refractivity contribution is 6.19. The molecular weight excluding hydrogens is 592 g/mol. The van der Waals surface area contributed by atoms with E-state index >= 15 is 0 Å². The SMILES string of the molecule is CC(C)(C)c1cc(N)c2[nH]c3c(NC(=O)Nc4cc(C(C)(C)C)cc5c4[nH]c4c(N)cc(C(C)(C)C)cc45)cc(C(C)(C)C)cc3c2c1. The fraction of sp³-hybridized carbons (Fsp3) is 0.390. The molecule has 0 saturated heterocycles. The molecule has 0 unspecified atom stereocenters. The summed E-state index contributed by atoms with van der Waals surface area (Å²) >= 11 is 0. The molecular formula is C41H52N6O. The van der Waals surface area contributed by atoms with Crippen molar-refractivity contribution in [2.24, 2.45) is 0 Å². The van der Waals surface area contributed by atoms with Crippen molar-refractivity contribution in [3.8, 4) is 0 Å². The van der Waals surface area contributed by atoms with Gasteiger partial charge >= 0.3 is 6.03 Å². The Morgan fingerprint density at radius 2 is 0.729 bits per heavy atom. The number of benzene rings is 4. The molecule has 4 aromatic carbocycles. The first kappa shape index (κ1) is 33.3. The maximum atomic E-state index is 14.0. The summed E-state index contributed by atoms with van der Waals surface area (Å²) in [6.45, 7) is 26.3. The minimum Gasteiger partial charge on any atom is -0.397 e. The monoisotopic (exact) mass is 644 g/mol. The van der Waals surface area contributed by atoms with Crippen molar-refractivity contribution < 1.29 is 4.79 Å². The van der Waals surface area contributed by atoms with Crippen LogP contribution < -0.4 is 22.1 Å². The molecule has 2 heterocycles. The summed E-state index contributed by atoms with van der Waals surface area (Å²) in [5.74, 6) is 0. The van der Waals surface area contributed by atoms with Crippen LogP contribution >= 0.6 is 0 Å². The molecule has 8 N–H and O–H groups in total. The van der Waals surface area contributed by atoms with E-state index in [1.165, 1.54) is 0 Å². The Morgan fingerprint density at radius 3 is 1.02 bits per heavy atom. The van der Waals surface area contributed by atoms with Crippen LogP contribution in [0.25, 0.3) is 43.6 Å². The lowest BCUT2D eigenvalue weighted by Gasteiger charge is -2.22. The number of hydrogen-bond donors (Lipinski definition) is 6. The van der Waals surface area contributed by atoms with Gasteiger partial charge in [0.05, 0.1) is 44.8 Å². The summed E-state index contributed by atoms with van der Waals surface area (Å²) in [6, 6.07) is 16.8. The topological polar surface area (TPSA) is 125 Å². The van der Waals surface area contributed by atoms with Gasteiger partial charge in [0.2, 0.25) is 0 Å². The fourth-order valence-corrected chi connectivity index (χ4v) is 6.47. The number of amides is 2. The van der Waals surface area contributed by atoms with Crippen molar-refractivity contribution in [3.05, 3.63) is 70.8 Å². The van der Waals surface area contributed by atoms with Crippen LogP contribution in [0.15, 0.2) is 48.5 Å². The molecule has 0 fully saturated rings. The molecule has 0 radical (unpaired) electrons. The predicted octanol–water partition coefficient (Wildman–Crippen LogP) is 11.0. The second-order valence-electron chi connectivity index (χ2n) is 17.7. The number of carbonyl (C=O) groups excluding carboxylic acids is 1. The third-order valence-corrected chi connectivity index (χ3v) is 9.66. The summed E-state index contributed by atoms with van der Waals surface area (Å²) in [5.41, 5.74) is 23.6. The number of hydrogen-bond acceptors (Lipinski definition) is 3. The van der Waals surface area contributed by atoms with Crippen LogP contribution in [0.3, 0.4) is 0 Å². The first-order valence-corrected chi connectivity index (χ1v) is 16.9. The molecule has 0 aliphatic heterocycles. The number of rotatable bonds is 2. The molecule has 2 aromatic heterocycles. The quantitative estimate of drug-likeness (QED) is 0.105. The summed E-state index contributed by atoms with van der Waals surface area (Å²) in [7, 11) is 0. The molecule has 6 rings (SSSR count). The van der Waals surface area contributed by atoms with Crippen molar-refractivity contribution in [1.82, 2.24) is 9.97 Å². The summed E-state index contributed by atoms with van der Waals surface area (Å²) < 4.78 is 0. The van der Waals surface area contributed by atoms with Gasteiger partial charge in [0.25, 0.3) is 0 Å². The van der Waals surface area contributed by atoms with E-state index in [1.54, 1.807) is 0 Å². The third kappa shape index (κ3) is 5.84. The second-order valence-corrected chi connectivity index (χ2v) is 17.7. The van der Waals surface area contributed by atoms with E-state index in [0.717, 1.165) is 65.9 Å². The minimum atomic E-state index is -0.335. The van der Waals surface area contributed by atoms with Crippen molar-refractivity contribution in [1.29, 1.82) is 0 Å². The number of urea groups is 1. The molecule has 0 aliphatic carbocycles. The van der Waals surface area contributed by atoms with Gasteiger partial charge in [-0.25, -0.2) is 4.79 Å². The lowest BCUT2D eigenvalue weighted by molar-refractivity contribution is 0.262. The zero-order valence-corrected chi connectivity index (χ0v) is 30.7. The Kier molecular flexibility index (Phi) is 7.40. The van der Waals surface area contributed by atoms with E-state index in [0.29, 0.717) is 22.7 Å². The van der Waals surface area contributed by atoms with Crippen LogP contribution in [0.1, 0.15) is 105 Å². The van der Waals surface area contributed by atoms with Gasteiger partial charge in [-0.3, -0.25) is 0 Å². The van der Waals surface area contributed by atoms with Crippen molar-refractivity contribution in [2.75, 3.05) is 22.1 Å². The van der Waals surface area contributed by atoms with Gasteiger partial charge in [-0.05, 0) is 92.4 Å². The number of aromatic amines is 2. The maximum Gasteiger partial charge on any atom is 0.323 e. The third-order valence-electron chi connectivity index (χ3n) is 9.66. The first-order chi connectivity index (χ1) is 22.0. The number of nitrogens with one attached hydrogen (secondary N) is 4. The molecule has 7 heteroatoms. The van der Waals surface area contributed by atoms with E-state index in [2.05, 4.69) is 140 Å². The van der Waals surface area contributed by atoms with Crippen molar-refractivity contribution in [3.63, 3.8) is 0 Å². The highest BCUT2D eigenvalue weighted by Crippen LogP contribution is 2.42. The van der Waals surface area contributed by atoms with Gasteiger partial charge in [0.15, 0.2) is 0 Å². The smallest absolute Gasteiger partial charge is 0.323 e. The van der Waals surface area contributed by atoms with Gasteiger partial charge in [0.1, 0.15) is 0 Å². The summed E-state index contributed by atoms with van der Waals surface area (Å²) in [6.07, 6.45) is 0. The van der Waals surface area contributed by atoms with Gasteiger partial charge < -0.3 is 32.1 Å². The first-order valence-electron chi connectivity index (χ1n) is 16.9.